The first-order chi connectivity index (χ1) is 12.0. The fourth-order valence-corrected chi connectivity index (χ4v) is 4.72. The first kappa shape index (κ1) is 17.1. The maximum atomic E-state index is 10.5. The lowest BCUT2D eigenvalue weighted by Gasteiger charge is -2.40. The van der Waals surface area contributed by atoms with Gasteiger partial charge in [0.2, 0.25) is 0 Å². The van der Waals surface area contributed by atoms with Crippen molar-refractivity contribution < 1.29 is 5.11 Å². The predicted octanol–water partition coefficient (Wildman–Crippen LogP) is 3.00. The van der Waals surface area contributed by atoms with Gasteiger partial charge in [0, 0.05) is 48.8 Å². The Morgan fingerprint density at radius 1 is 1.28 bits per heavy atom. The molecule has 25 heavy (non-hydrogen) atoms. The maximum absolute atomic E-state index is 10.5. The van der Waals surface area contributed by atoms with Gasteiger partial charge in [-0.25, -0.2) is 0 Å². The first-order valence-electron chi connectivity index (χ1n) is 9.81. The number of nitrogens with one attached hydrogen (secondary N) is 1. The lowest BCUT2D eigenvalue weighted by atomic mass is 9.89. The third kappa shape index (κ3) is 3.12. The van der Waals surface area contributed by atoms with Crippen LogP contribution in [-0.4, -0.2) is 46.4 Å². The van der Waals surface area contributed by atoms with Crippen LogP contribution >= 0.6 is 0 Å². The number of aliphatic hydroxyl groups excluding tert-OH is 1. The van der Waals surface area contributed by atoms with Gasteiger partial charge in [-0.3, -0.25) is 4.90 Å². The van der Waals surface area contributed by atoms with E-state index in [0.29, 0.717) is 18.6 Å². The molecular weight excluding hydrogens is 310 g/mol. The van der Waals surface area contributed by atoms with Crippen LogP contribution < -0.4 is 5.32 Å². The number of nitrogens with zero attached hydrogens (tertiary/aromatic N) is 2. The van der Waals surface area contributed by atoms with E-state index in [1.165, 1.54) is 41.4 Å². The predicted molar refractivity (Wildman–Crippen MR) is 103 cm³/mol. The van der Waals surface area contributed by atoms with Crippen LogP contribution in [0.25, 0.3) is 10.9 Å². The summed E-state index contributed by atoms with van der Waals surface area (Å²) in [5.41, 5.74) is 5.85. The highest BCUT2D eigenvalue weighted by atomic mass is 16.3. The molecule has 0 saturated carbocycles. The van der Waals surface area contributed by atoms with Crippen LogP contribution in [0, 0.1) is 6.92 Å². The molecule has 4 rings (SSSR count). The van der Waals surface area contributed by atoms with Crippen molar-refractivity contribution in [3.8, 4) is 0 Å². The third-order valence-corrected chi connectivity index (χ3v) is 5.85. The molecule has 0 saturated heterocycles. The summed E-state index contributed by atoms with van der Waals surface area (Å²) in [5.74, 6) is 0. The summed E-state index contributed by atoms with van der Waals surface area (Å²) >= 11 is 0. The molecule has 2 atom stereocenters. The Bertz CT molecular complexity index is 764. The molecule has 1 aromatic carbocycles. The van der Waals surface area contributed by atoms with Crippen molar-refractivity contribution in [2.45, 2.75) is 64.8 Å². The molecule has 1 aliphatic carbocycles. The SMILES string of the molecule is Cc1ccc2c(c1)c1c3n2CCN(C[C@@H](O)CNC(C)C)[C@H]3CCC1. The van der Waals surface area contributed by atoms with Crippen molar-refractivity contribution in [3.63, 3.8) is 0 Å². The van der Waals surface area contributed by atoms with Gasteiger partial charge in [-0.2, -0.15) is 0 Å². The molecule has 2 aliphatic rings. The van der Waals surface area contributed by atoms with Crippen LogP contribution in [0.2, 0.25) is 0 Å². The number of fused-ring (bicyclic) bond motifs is 3. The number of aromatic nitrogens is 1. The van der Waals surface area contributed by atoms with E-state index in [1.54, 1.807) is 5.56 Å². The van der Waals surface area contributed by atoms with Crippen LogP contribution in [0.3, 0.4) is 0 Å². The van der Waals surface area contributed by atoms with Gasteiger partial charge in [-0.1, -0.05) is 25.5 Å². The molecular formula is C21H31N3O. The number of rotatable bonds is 5. The van der Waals surface area contributed by atoms with Gasteiger partial charge >= 0.3 is 0 Å². The van der Waals surface area contributed by atoms with Crippen LogP contribution in [0.5, 0.6) is 0 Å². The molecule has 4 nitrogen and oxygen atoms in total. The molecule has 0 fully saturated rings. The molecule has 2 N–H and O–H groups in total. The number of hydrogen-bond donors (Lipinski definition) is 2. The van der Waals surface area contributed by atoms with E-state index in [0.717, 1.165) is 19.6 Å². The molecule has 2 heterocycles. The molecule has 0 unspecified atom stereocenters. The number of aryl methyl sites for hydroxylation is 2. The van der Waals surface area contributed by atoms with E-state index >= 15 is 0 Å². The van der Waals surface area contributed by atoms with Crippen LogP contribution in [0.4, 0.5) is 0 Å². The average molecular weight is 341 g/mol. The quantitative estimate of drug-likeness (QED) is 0.878. The van der Waals surface area contributed by atoms with Gasteiger partial charge in [-0.05, 0) is 43.9 Å². The number of benzene rings is 1. The van der Waals surface area contributed by atoms with E-state index < -0.39 is 0 Å². The third-order valence-electron chi connectivity index (χ3n) is 5.85. The highest BCUT2D eigenvalue weighted by molar-refractivity contribution is 5.87. The van der Waals surface area contributed by atoms with E-state index in [-0.39, 0.29) is 6.10 Å². The van der Waals surface area contributed by atoms with Gasteiger partial charge in [-0.15, -0.1) is 0 Å². The van der Waals surface area contributed by atoms with Gasteiger partial charge in [0.05, 0.1) is 12.1 Å². The smallest absolute Gasteiger partial charge is 0.0791 e. The number of hydrogen-bond acceptors (Lipinski definition) is 3. The van der Waals surface area contributed by atoms with Crippen molar-refractivity contribution in [1.29, 1.82) is 0 Å². The van der Waals surface area contributed by atoms with Crippen molar-refractivity contribution in [1.82, 2.24) is 14.8 Å². The zero-order chi connectivity index (χ0) is 17.6. The lowest BCUT2D eigenvalue weighted by molar-refractivity contribution is 0.0631. The molecule has 4 heteroatoms. The van der Waals surface area contributed by atoms with E-state index in [2.05, 4.69) is 53.8 Å². The van der Waals surface area contributed by atoms with Crippen molar-refractivity contribution >= 4 is 10.9 Å². The Morgan fingerprint density at radius 2 is 2.12 bits per heavy atom. The van der Waals surface area contributed by atoms with E-state index in [9.17, 15) is 5.11 Å². The summed E-state index contributed by atoms with van der Waals surface area (Å²) in [6, 6.07) is 7.79. The Labute approximate surface area is 150 Å². The highest BCUT2D eigenvalue weighted by Gasteiger charge is 2.35. The summed E-state index contributed by atoms with van der Waals surface area (Å²) in [5, 5.41) is 15.3. The van der Waals surface area contributed by atoms with Crippen molar-refractivity contribution in [2.75, 3.05) is 19.6 Å². The standard InChI is InChI=1S/C21H31N3O/c1-14(2)22-12-16(25)13-23-9-10-24-19-8-7-15(3)11-18(19)17-5-4-6-20(23)21(17)24/h7-8,11,14,16,20,22,25H,4-6,9-10,12-13H2,1-3H3/t16-,20-/m0/s1. The van der Waals surface area contributed by atoms with Crippen LogP contribution in [0.1, 0.15) is 49.6 Å². The van der Waals surface area contributed by atoms with Gasteiger partial charge in [0.1, 0.15) is 0 Å². The molecule has 0 spiro atoms. The molecule has 1 aromatic heterocycles. The summed E-state index contributed by atoms with van der Waals surface area (Å²) in [6.45, 7) is 9.96. The monoisotopic (exact) mass is 341 g/mol. The minimum absolute atomic E-state index is 0.300. The molecule has 2 aromatic rings. The minimum atomic E-state index is -0.300. The van der Waals surface area contributed by atoms with Crippen LogP contribution in [-0.2, 0) is 13.0 Å². The average Bonchev–Trinajstić information content (AvgIpc) is 2.90. The second kappa shape index (κ2) is 6.75. The molecule has 0 bridgehead atoms. The largest absolute Gasteiger partial charge is 0.390 e. The second-order valence-corrected chi connectivity index (χ2v) is 8.16. The Morgan fingerprint density at radius 3 is 2.92 bits per heavy atom. The number of β-amino-alcohol motifs (C(OH)–C–C–N with tert-alkyl or cyclic N) is 1. The Kier molecular flexibility index (Phi) is 4.61. The highest BCUT2D eigenvalue weighted by Crippen LogP contribution is 2.42. The summed E-state index contributed by atoms with van der Waals surface area (Å²) in [7, 11) is 0. The zero-order valence-electron chi connectivity index (χ0n) is 15.8. The van der Waals surface area contributed by atoms with Crippen LogP contribution in [0.15, 0.2) is 18.2 Å². The van der Waals surface area contributed by atoms with Gasteiger partial charge in [0.25, 0.3) is 0 Å². The maximum Gasteiger partial charge on any atom is 0.0791 e. The van der Waals surface area contributed by atoms with Gasteiger partial charge in [0.15, 0.2) is 0 Å². The fourth-order valence-electron chi connectivity index (χ4n) is 4.72. The molecule has 0 radical (unpaired) electrons. The summed E-state index contributed by atoms with van der Waals surface area (Å²) in [4.78, 5) is 2.52. The summed E-state index contributed by atoms with van der Waals surface area (Å²) < 4.78 is 2.56. The minimum Gasteiger partial charge on any atom is -0.390 e. The Hall–Kier alpha value is -1.36. The van der Waals surface area contributed by atoms with E-state index in [4.69, 9.17) is 0 Å². The second-order valence-electron chi connectivity index (χ2n) is 8.16. The topological polar surface area (TPSA) is 40.4 Å². The lowest BCUT2D eigenvalue weighted by Crippen LogP contribution is -2.46. The van der Waals surface area contributed by atoms with Crippen molar-refractivity contribution in [2.24, 2.45) is 0 Å². The van der Waals surface area contributed by atoms with Gasteiger partial charge < -0.3 is 15.0 Å². The Balaban J connectivity index is 1.62. The van der Waals surface area contributed by atoms with Crippen molar-refractivity contribution in [3.05, 3.63) is 35.0 Å². The summed E-state index contributed by atoms with van der Waals surface area (Å²) in [6.07, 6.45) is 3.36. The fraction of sp³-hybridized carbons (Fsp3) is 0.619. The molecule has 136 valence electrons. The normalized spacial score (nSPS) is 21.7. The molecule has 0 amide bonds. The zero-order valence-corrected chi connectivity index (χ0v) is 15.8. The number of aliphatic hydroxyl groups is 1. The molecule has 1 aliphatic heterocycles. The first-order valence-corrected chi connectivity index (χ1v) is 9.81. The van der Waals surface area contributed by atoms with E-state index in [1.807, 2.05) is 0 Å².